The fourth-order valence-electron chi connectivity index (χ4n) is 4.32. The number of fused-ring (bicyclic) bond motifs is 1. The maximum Gasteiger partial charge on any atom is 0.254 e. The normalized spacial score (nSPS) is 17.4. The number of nitrogens with zero attached hydrogens (tertiary/aromatic N) is 1. The Labute approximate surface area is 198 Å². The first-order valence-electron chi connectivity index (χ1n) is 10.5. The van der Waals surface area contributed by atoms with Gasteiger partial charge in [0, 0.05) is 23.7 Å². The number of rotatable bonds is 5. The van der Waals surface area contributed by atoms with Crippen molar-refractivity contribution in [3.63, 3.8) is 0 Å². The Morgan fingerprint density at radius 3 is 2.39 bits per heavy atom. The molecule has 0 saturated carbocycles. The van der Waals surface area contributed by atoms with Crippen LogP contribution in [0.25, 0.3) is 0 Å². The molecule has 0 bridgehead atoms. The number of anilines is 1. The lowest BCUT2D eigenvalue weighted by Crippen LogP contribution is -2.44. The summed E-state index contributed by atoms with van der Waals surface area (Å²) in [6.07, 6.45) is 0. The first-order valence-corrected chi connectivity index (χ1v) is 10.9. The van der Waals surface area contributed by atoms with Crippen LogP contribution in [0.2, 0.25) is 5.02 Å². The average molecular weight is 465 g/mol. The molecule has 2 atom stereocenters. The molecule has 3 aromatic rings. The SMILES string of the molecule is COc1ccc([C@H]2[C@H](C(=O)Nc3cc(C)c(Cl)cc3OC)c3ccccc3C(=O)N2C)cc1. The highest BCUT2D eigenvalue weighted by molar-refractivity contribution is 6.31. The van der Waals surface area contributed by atoms with Crippen LogP contribution in [0.1, 0.15) is 39.0 Å². The lowest BCUT2D eigenvalue weighted by atomic mass is 9.79. The second-order valence-corrected chi connectivity index (χ2v) is 8.40. The third-order valence-corrected chi connectivity index (χ3v) is 6.47. The first kappa shape index (κ1) is 22.7. The van der Waals surface area contributed by atoms with Gasteiger partial charge in [0.2, 0.25) is 5.91 Å². The van der Waals surface area contributed by atoms with Gasteiger partial charge >= 0.3 is 0 Å². The summed E-state index contributed by atoms with van der Waals surface area (Å²) in [5, 5.41) is 3.56. The van der Waals surface area contributed by atoms with Gasteiger partial charge in [-0.25, -0.2) is 0 Å². The monoisotopic (exact) mass is 464 g/mol. The molecule has 0 radical (unpaired) electrons. The Morgan fingerprint density at radius 2 is 1.73 bits per heavy atom. The molecule has 0 spiro atoms. The summed E-state index contributed by atoms with van der Waals surface area (Å²) in [7, 11) is 4.85. The van der Waals surface area contributed by atoms with E-state index in [2.05, 4.69) is 5.32 Å². The summed E-state index contributed by atoms with van der Waals surface area (Å²) in [4.78, 5) is 28.6. The molecule has 1 aliphatic rings. The summed E-state index contributed by atoms with van der Waals surface area (Å²) in [5.41, 5.74) is 3.37. The molecule has 0 aliphatic carbocycles. The zero-order chi connectivity index (χ0) is 23.7. The van der Waals surface area contributed by atoms with Crippen molar-refractivity contribution in [1.82, 2.24) is 4.90 Å². The van der Waals surface area contributed by atoms with Gasteiger partial charge in [-0.15, -0.1) is 0 Å². The minimum absolute atomic E-state index is 0.129. The number of hydrogen-bond donors (Lipinski definition) is 1. The van der Waals surface area contributed by atoms with Crippen molar-refractivity contribution in [2.75, 3.05) is 26.6 Å². The zero-order valence-electron chi connectivity index (χ0n) is 18.9. The molecule has 3 aromatic carbocycles. The summed E-state index contributed by atoms with van der Waals surface area (Å²) in [6.45, 7) is 1.86. The van der Waals surface area contributed by atoms with E-state index in [4.69, 9.17) is 21.1 Å². The minimum atomic E-state index is -0.641. The van der Waals surface area contributed by atoms with Crippen LogP contribution in [0.3, 0.4) is 0 Å². The molecule has 1 aliphatic heterocycles. The Balaban J connectivity index is 1.81. The summed E-state index contributed by atoms with van der Waals surface area (Å²) in [5.74, 6) is 0.149. The number of halogens is 1. The van der Waals surface area contributed by atoms with E-state index in [1.54, 1.807) is 43.3 Å². The minimum Gasteiger partial charge on any atom is -0.497 e. The number of hydrogen-bond acceptors (Lipinski definition) is 4. The van der Waals surface area contributed by atoms with Gasteiger partial charge in [-0.2, -0.15) is 0 Å². The maximum absolute atomic E-state index is 13.8. The Morgan fingerprint density at radius 1 is 1.03 bits per heavy atom. The number of likely N-dealkylation sites (N-methyl/N-ethyl adjacent to an activating group) is 1. The summed E-state index contributed by atoms with van der Waals surface area (Å²) in [6, 6.07) is 17.6. The van der Waals surface area contributed by atoms with Crippen molar-refractivity contribution in [2.24, 2.45) is 0 Å². The van der Waals surface area contributed by atoms with Crippen LogP contribution in [-0.2, 0) is 4.79 Å². The fraction of sp³-hybridized carbons (Fsp3) is 0.231. The quantitative estimate of drug-likeness (QED) is 0.562. The van der Waals surface area contributed by atoms with E-state index in [1.807, 2.05) is 43.3 Å². The number of carbonyl (C=O) groups is 2. The van der Waals surface area contributed by atoms with Crippen LogP contribution in [0, 0.1) is 6.92 Å². The molecule has 0 aromatic heterocycles. The van der Waals surface area contributed by atoms with Crippen LogP contribution in [0.4, 0.5) is 5.69 Å². The molecule has 7 heteroatoms. The maximum atomic E-state index is 13.8. The highest BCUT2D eigenvalue weighted by atomic mass is 35.5. The van der Waals surface area contributed by atoms with Gasteiger partial charge < -0.3 is 19.7 Å². The molecule has 170 valence electrons. The highest BCUT2D eigenvalue weighted by Gasteiger charge is 2.42. The smallest absolute Gasteiger partial charge is 0.254 e. The number of methoxy groups -OCH3 is 2. The second kappa shape index (κ2) is 9.16. The number of amides is 2. The van der Waals surface area contributed by atoms with Crippen LogP contribution >= 0.6 is 11.6 Å². The van der Waals surface area contributed by atoms with Crippen LogP contribution < -0.4 is 14.8 Å². The van der Waals surface area contributed by atoms with Gasteiger partial charge in [0.05, 0.1) is 31.9 Å². The highest BCUT2D eigenvalue weighted by Crippen LogP contribution is 2.43. The summed E-state index contributed by atoms with van der Waals surface area (Å²) < 4.78 is 10.7. The molecule has 1 N–H and O–H groups in total. The third-order valence-electron chi connectivity index (χ3n) is 6.06. The van der Waals surface area contributed by atoms with Gasteiger partial charge in [0.1, 0.15) is 11.5 Å². The standard InChI is InChI=1S/C26H25ClN2O4/c1-15-13-21(22(33-4)14-20(15)27)28-25(30)23-18-7-5-6-8-19(18)26(31)29(2)24(23)16-9-11-17(32-3)12-10-16/h5-14,23-24H,1-4H3,(H,28,30)/t23-,24+/m1/s1. The van der Waals surface area contributed by atoms with Gasteiger partial charge in [0.25, 0.3) is 5.91 Å². The van der Waals surface area contributed by atoms with E-state index in [9.17, 15) is 9.59 Å². The van der Waals surface area contributed by atoms with Gasteiger partial charge in [-0.1, -0.05) is 41.9 Å². The van der Waals surface area contributed by atoms with E-state index in [0.717, 1.165) is 11.1 Å². The fourth-order valence-corrected chi connectivity index (χ4v) is 4.47. The van der Waals surface area contributed by atoms with Crippen molar-refractivity contribution in [2.45, 2.75) is 18.9 Å². The molecule has 6 nitrogen and oxygen atoms in total. The molecule has 4 rings (SSSR count). The van der Waals surface area contributed by atoms with Crippen molar-refractivity contribution in [3.05, 3.63) is 87.9 Å². The molecule has 0 saturated heterocycles. The van der Waals surface area contributed by atoms with Crippen LogP contribution in [0.5, 0.6) is 11.5 Å². The molecular formula is C26H25ClN2O4. The van der Waals surface area contributed by atoms with E-state index in [1.165, 1.54) is 7.11 Å². The molecule has 0 unspecified atom stereocenters. The predicted molar refractivity (Wildman–Crippen MR) is 128 cm³/mol. The molecule has 0 fully saturated rings. The average Bonchev–Trinajstić information content (AvgIpc) is 2.83. The van der Waals surface area contributed by atoms with Crippen LogP contribution in [-0.4, -0.2) is 38.0 Å². The number of nitrogens with one attached hydrogen (secondary N) is 1. The topological polar surface area (TPSA) is 67.9 Å². The predicted octanol–water partition coefficient (Wildman–Crippen LogP) is 5.21. The lowest BCUT2D eigenvalue weighted by molar-refractivity contribution is -0.119. The number of benzene rings is 3. The van der Waals surface area contributed by atoms with Crippen LogP contribution in [0.15, 0.2) is 60.7 Å². The van der Waals surface area contributed by atoms with Gasteiger partial charge in [-0.05, 0) is 47.9 Å². The Bertz CT molecular complexity index is 1210. The largest absolute Gasteiger partial charge is 0.497 e. The van der Waals surface area contributed by atoms with Crippen molar-refractivity contribution in [1.29, 1.82) is 0 Å². The number of carbonyl (C=O) groups excluding carboxylic acids is 2. The Kier molecular flexibility index (Phi) is 6.29. The second-order valence-electron chi connectivity index (χ2n) is 7.99. The van der Waals surface area contributed by atoms with E-state index in [-0.39, 0.29) is 11.8 Å². The number of aryl methyl sites for hydroxylation is 1. The van der Waals surface area contributed by atoms with Crippen molar-refractivity contribution < 1.29 is 19.1 Å². The van der Waals surface area contributed by atoms with E-state index >= 15 is 0 Å². The van der Waals surface area contributed by atoms with Gasteiger partial charge in [-0.3, -0.25) is 9.59 Å². The Hall–Kier alpha value is -3.51. The van der Waals surface area contributed by atoms with E-state index in [0.29, 0.717) is 33.3 Å². The number of ether oxygens (including phenoxy) is 2. The van der Waals surface area contributed by atoms with Crippen molar-refractivity contribution in [3.8, 4) is 11.5 Å². The third kappa shape index (κ3) is 4.14. The zero-order valence-corrected chi connectivity index (χ0v) is 19.6. The molecule has 2 amide bonds. The van der Waals surface area contributed by atoms with E-state index < -0.39 is 12.0 Å². The summed E-state index contributed by atoms with van der Waals surface area (Å²) >= 11 is 6.23. The molecular weight excluding hydrogens is 440 g/mol. The van der Waals surface area contributed by atoms with Gasteiger partial charge in [0.15, 0.2) is 0 Å². The lowest BCUT2D eigenvalue weighted by Gasteiger charge is -2.39. The molecule has 1 heterocycles. The first-order chi connectivity index (χ1) is 15.8. The molecule has 33 heavy (non-hydrogen) atoms. The van der Waals surface area contributed by atoms with Crippen molar-refractivity contribution >= 4 is 29.1 Å².